The quantitative estimate of drug-likeness (QED) is 0.650. The van der Waals surface area contributed by atoms with Gasteiger partial charge in [-0.25, -0.2) is 4.79 Å². The first kappa shape index (κ1) is 12.0. The van der Waals surface area contributed by atoms with Gasteiger partial charge in [0.25, 0.3) is 0 Å². The Kier molecular flexibility index (Phi) is 2.70. The van der Waals surface area contributed by atoms with Crippen LogP contribution in [0.15, 0.2) is 38.1 Å². The summed E-state index contributed by atoms with van der Waals surface area (Å²) in [5.74, 6) is 0.463. The lowest BCUT2D eigenvalue weighted by Gasteiger charge is -2.11. The van der Waals surface area contributed by atoms with Gasteiger partial charge in [-0.3, -0.25) is 0 Å². The van der Waals surface area contributed by atoms with Crippen molar-refractivity contribution in [3.8, 4) is 0 Å². The summed E-state index contributed by atoms with van der Waals surface area (Å²) in [6.45, 7) is 6.31. The van der Waals surface area contributed by atoms with Crippen molar-refractivity contribution in [3.05, 3.63) is 46.0 Å². The van der Waals surface area contributed by atoms with Gasteiger partial charge in [0.05, 0.1) is 6.26 Å². The normalized spacial score (nSPS) is 11.8. The van der Waals surface area contributed by atoms with E-state index in [0.717, 1.165) is 33.9 Å². The second-order valence-corrected chi connectivity index (χ2v) is 5.36. The smallest absolute Gasteiger partial charge is 0.336 e. The minimum atomic E-state index is -0.317. The number of hydrogen-bond donors (Lipinski definition) is 0. The van der Waals surface area contributed by atoms with E-state index in [1.165, 1.54) is 6.07 Å². The molecule has 0 spiro atoms. The molecule has 0 atom stereocenters. The summed E-state index contributed by atoms with van der Waals surface area (Å²) in [7, 11) is 0. The Labute approximate surface area is 110 Å². The molecule has 0 fully saturated rings. The third-order valence-electron chi connectivity index (χ3n) is 3.47. The second kappa shape index (κ2) is 4.26. The SMILES string of the molecule is Cc1c2ccoc2c(CC(C)C)c2oc(=O)ccc12. The van der Waals surface area contributed by atoms with Crippen molar-refractivity contribution >= 4 is 21.9 Å². The fourth-order valence-corrected chi connectivity index (χ4v) is 2.62. The molecule has 3 rings (SSSR count). The van der Waals surface area contributed by atoms with Crippen molar-refractivity contribution in [2.45, 2.75) is 27.2 Å². The minimum Gasteiger partial charge on any atom is -0.464 e. The Morgan fingerprint density at radius 2 is 1.84 bits per heavy atom. The van der Waals surface area contributed by atoms with E-state index < -0.39 is 0 Å². The average Bonchev–Trinajstić information content (AvgIpc) is 2.83. The van der Waals surface area contributed by atoms with E-state index >= 15 is 0 Å². The van der Waals surface area contributed by atoms with Crippen LogP contribution in [-0.2, 0) is 6.42 Å². The first-order valence-corrected chi connectivity index (χ1v) is 6.50. The molecule has 0 amide bonds. The number of furan rings is 1. The zero-order chi connectivity index (χ0) is 13.6. The number of rotatable bonds is 2. The maximum absolute atomic E-state index is 11.5. The average molecular weight is 256 g/mol. The first-order chi connectivity index (χ1) is 9.08. The number of fused-ring (bicyclic) bond motifs is 2. The Balaban J connectivity index is 2.51. The van der Waals surface area contributed by atoms with Crippen molar-refractivity contribution in [2.75, 3.05) is 0 Å². The molecule has 2 aromatic heterocycles. The van der Waals surface area contributed by atoms with Gasteiger partial charge in [0.2, 0.25) is 0 Å². The van der Waals surface area contributed by atoms with E-state index in [-0.39, 0.29) is 5.63 Å². The van der Waals surface area contributed by atoms with E-state index in [1.807, 2.05) is 19.1 Å². The summed E-state index contributed by atoms with van der Waals surface area (Å²) in [4.78, 5) is 11.5. The van der Waals surface area contributed by atoms with Crippen LogP contribution in [0.5, 0.6) is 0 Å². The molecule has 3 heteroatoms. The van der Waals surface area contributed by atoms with Crippen LogP contribution in [0.1, 0.15) is 25.0 Å². The first-order valence-electron chi connectivity index (χ1n) is 6.50. The zero-order valence-corrected chi connectivity index (χ0v) is 11.3. The lowest BCUT2D eigenvalue weighted by molar-refractivity contribution is 0.544. The van der Waals surface area contributed by atoms with Crippen molar-refractivity contribution in [1.29, 1.82) is 0 Å². The van der Waals surface area contributed by atoms with Crippen LogP contribution in [0.25, 0.3) is 21.9 Å². The largest absolute Gasteiger partial charge is 0.464 e. The van der Waals surface area contributed by atoms with E-state index in [4.69, 9.17) is 8.83 Å². The number of hydrogen-bond acceptors (Lipinski definition) is 3. The van der Waals surface area contributed by atoms with Crippen LogP contribution >= 0.6 is 0 Å². The van der Waals surface area contributed by atoms with Crippen LogP contribution in [-0.4, -0.2) is 0 Å². The fraction of sp³-hybridized carbons (Fsp3) is 0.312. The highest BCUT2D eigenvalue weighted by Crippen LogP contribution is 2.33. The molecule has 0 radical (unpaired) electrons. The van der Waals surface area contributed by atoms with Crippen LogP contribution < -0.4 is 5.63 Å². The predicted octanol–water partition coefficient (Wildman–Crippen LogP) is 4.05. The van der Waals surface area contributed by atoms with E-state index in [1.54, 1.807) is 6.26 Å². The molecule has 98 valence electrons. The molecule has 3 aromatic rings. The molecule has 2 heterocycles. The maximum atomic E-state index is 11.5. The second-order valence-electron chi connectivity index (χ2n) is 5.36. The molecule has 0 N–H and O–H groups in total. The number of benzene rings is 1. The molecular formula is C16H16O3. The molecule has 3 nitrogen and oxygen atoms in total. The van der Waals surface area contributed by atoms with Gasteiger partial charge in [-0.2, -0.15) is 0 Å². The summed E-state index contributed by atoms with van der Waals surface area (Å²) in [5, 5.41) is 2.08. The highest BCUT2D eigenvalue weighted by Gasteiger charge is 2.17. The predicted molar refractivity (Wildman–Crippen MR) is 75.5 cm³/mol. The van der Waals surface area contributed by atoms with Crippen LogP contribution in [0, 0.1) is 12.8 Å². The topological polar surface area (TPSA) is 43.4 Å². The molecule has 0 bridgehead atoms. The molecule has 0 aliphatic heterocycles. The van der Waals surface area contributed by atoms with Crippen molar-refractivity contribution < 1.29 is 8.83 Å². The van der Waals surface area contributed by atoms with E-state index in [9.17, 15) is 4.79 Å². The van der Waals surface area contributed by atoms with Gasteiger partial charge in [-0.1, -0.05) is 13.8 Å². The van der Waals surface area contributed by atoms with Crippen molar-refractivity contribution in [2.24, 2.45) is 5.92 Å². The molecule has 0 saturated heterocycles. The van der Waals surface area contributed by atoms with Crippen LogP contribution in [0.4, 0.5) is 0 Å². The molecule has 0 aliphatic rings. The van der Waals surface area contributed by atoms with Gasteiger partial charge in [0, 0.05) is 22.4 Å². The molecule has 0 unspecified atom stereocenters. The Morgan fingerprint density at radius 1 is 1.11 bits per heavy atom. The molecule has 0 aliphatic carbocycles. The fourth-order valence-electron chi connectivity index (χ4n) is 2.62. The molecule has 0 saturated carbocycles. The molecule has 19 heavy (non-hydrogen) atoms. The van der Waals surface area contributed by atoms with Crippen LogP contribution in [0.3, 0.4) is 0 Å². The summed E-state index contributed by atoms with van der Waals surface area (Å²) in [6.07, 6.45) is 2.52. The lowest BCUT2D eigenvalue weighted by atomic mass is 9.95. The highest BCUT2D eigenvalue weighted by molar-refractivity contribution is 6.00. The summed E-state index contributed by atoms with van der Waals surface area (Å²) < 4.78 is 11.1. The van der Waals surface area contributed by atoms with Gasteiger partial charge in [-0.15, -0.1) is 0 Å². The Morgan fingerprint density at radius 3 is 2.58 bits per heavy atom. The lowest BCUT2D eigenvalue weighted by Crippen LogP contribution is -2.01. The van der Waals surface area contributed by atoms with Crippen molar-refractivity contribution in [3.63, 3.8) is 0 Å². The Hall–Kier alpha value is -2.03. The highest BCUT2D eigenvalue weighted by atomic mass is 16.4. The third kappa shape index (κ3) is 1.86. The van der Waals surface area contributed by atoms with Gasteiger partial charge in [-0.05, 0) is 37.0 Å². The summed E-state index contributed by atoms with van der Waals surface area (Å²) in [6, 6.07) is 5.28. The van der Waals surface area contributed by atoms with Gasteiger partial charge in [0.15, 0.2) is 0 Å². The Bertz CT molecular complexity index is 806. The number of aryl methyl sites for hydroxylation is 1. The van der Waals surface area contributed by atoms with Gasteiger partial charge >= 0.3 is 5.63 Å². The summed E-state index contributed by atoms with van der Waals surface area (Å²) >= 11 is 0. The van der Waals surface area contributed by atoms with E-state index in [0.29, 0.717) is 11.5 Å². The third-order valence-corrected chi connectivity index (χ3v) is 3.47. The van der Waals surface area contributed by atoms with Gasteiger partial charge in [0.1, 0.15) is 11.2 Å². The van der Waals surface area contributed by atoms with E-state index in [2.05, 4.69) is 13.8 Å². The minimum absolute atomic E-state index is 0.317. The standard InChI is InChI=1S/C16H16O3/c1-9(2)8-13-15-12(6-7-18-15)10(3)11-4-5-14(17)19-16(11)13/h4-7,9H,8H2,1-3H3. The van der Waals surface area contributed by atoms with Crippen molar-refractivity contribution in [1.82, 2.24) is 0 Å². The zero-order valence-electron chi connectivity index (χ0n) is 11.3. The van der Waals surface area contributed by atoms with Gasteiger partial charge < -0.3 is 8.83 Å². The maximum Gasteiger partial charge on any atom is 0.336 e. The monoisotopic (exact) mass is 256 g/mol. The summed E-state index contributed by atoms with van der Waals surface area (Å²) in [5.41, 5.74) is 3.28. The van der Waals surface area contributed by atoms with Crippen LogP contribution in [0.2, 0.25) is 0 Å². The molecular weight excluding hydrogens is 240 g/mol. The molecule has 1 aromatic carbocycles.